The SMILES string of the molecule is CCCCCC(C)NC(=O)c1cc(C)no1. The van der Waals surface area contributed by atoms with Gasteiger partial charge >= 0.3 is 0 Å². The lowest BCUT2D eigenvalue weighted by molar-refractivity contribution is 0.0900. The summed E-state index contributed by atoms with van der Waals surface area (Å²) < 4.78 is 4.89. The molecule has 0 bridgehead atoms. The van der Waals surface area contributed by atoms with Crippen LogP contribution in [0.1, 0.15) is 55.8 Å². The molecular formula is C12H20N2O2. The number of carbonyl (C=O) groups is 1. The average Bonchev–Trinajstić information content (AvgIpc) is 2.65. The van der Waals surface area contributed by atoms with Crippen molar-refractivity contribution in [3.8, 4) is 0 Å². The molecule has 90 valence electrons. The van der Waals surface area contributed by atoms with E-state index in [0.29, 0.717) is 5.76 Å². The molecular weight excluding hydrogens is 204 g/mol. The summed E-state index contributed by atoms with van der Waals surface area (Å²) in [6.07, 6.45) is 4.56. The highest BCUT2D eigenvalue weighted by Crippen LogP contribution is 2.05. The molecule has 1 rings (SSSR count). The molecule has 1 amide bonds. The van der Waals surface area contributed by atoms with Gasteiger partial charge in [0.1, 0.15) is 0 Å². The average molecular weight is 224 g/mol. The monoisotopic (exact) mass is 224 g/mol. The number of aryl methyl sites for hydroxylation is 1. The second-order valence-corrected chi connectivity index (χ2v) is 4.20. The van der Waals surface area contributed by atoms with E-state index in [2.05, 4.69) is 17.4 Å². The first-order valence-corrected chi connectivity index (χ1v) is 5.87. The maximum atomic E-state index is 11.7. The highest BCUT2D eigenvalue weighted by Gasteiger charge is 2.13. The van der Waals surface area contributed by atoms with Gasteiger partial charge in [0.2, 0.25) is 5.76 Å². The van der Waals surface area contributed by atoms with Crippen LogP contribution in [0.4, 0.5) is 0 Å². The lowest BCUT2D eigenvalue weighted by Gasteiger charge is -2.11. The van der Waals surface area contributed by atoms with Crippen LogP contribution >= 0.6 is 0 Å². The number of unbranched alkanes of at least 4 members (excludes halogenated alkanes) is 2. The topological polar surface area (TPSA) is 55.1 Å². The molecule has 1 heterocycles. The fraction of sp³-hybridized carbons (Fsp3) is 0.667. The Morgan fingerprint density at radius 3 is 2.88 bits per heavy atom. The van der Waals surface area contributed by atoms with Crippen molar-refractivity contribution in [2.45, 2.75) is 52.5 Å². The molecule has 1 N–H and O–H groups in total. The first-order valence-electron chi connectivity index (χ1n) is 5.87. The van der Waals surface area contributed by atoms with E-state index >= 15 is 0 Å². The van der Waals surface area contributed by atoms with Gasteiger partial charge in [-0.1, -0.05) is 31.3 Å². The summed E-state index contributed by atoms with van der Waals surface area (Å²) >= 11 is 0. The third-order valence-electron chi connectivity index (χ3n) is 2.47. The molecule has 0 aliphatic carbocycles. The minimum absolute atomic E-state index is 0.176. The molecule has 1 unspecified atom stereocenters. The summed E-state index contributed by atoms with van der Waals surface area (Å²) in [6, 6.07) is 1.83. The van der Waals surface area contributed by atoms with Crippen LogP contribution in [0, 0.1) is 6.92 Å². The zero-order valence-corrected chi connectivity index (χ0v) is 10.2. The summed E-state index contributed by atoms with van der Waals surface area (Å²) in [7, 11) is 0. The van der Waals surface area contributed by atoms with E-state index in [0.717, 1.165) is 18.5 Å². The van der Waals surface area contributed by atoms with E-state index < -0.39 is 0 Å². The summed E-state index contributed by atoms with van der Waals surface area (Å²) in [5.41, 5.74) is 0.726. The van der Waals surface area contributed by atoms with Gasteiger partial charge in [-0.25, -0.2) is 0 Å². The third-order valence-corrected chi connectivity index (χ3v) is 2.47. The van der Waals surface area contributed by atoms with Gasteiger partial charge in [0.25, 0.3) is 5.91 Å². The Hall–Kier alpha value is -1.32. The maximum absolute atomic E-state index is 11.7. The van der Waals surface area contributed by atoms with Gasteiger partial charge in [0, 0.05) is 12.1 Å². The van der Waals surface area contributed by atoms with Crippen LogP contribution in [-0.2, 0) is 0 Å². The zero-order chi connectivity index (χ0) is 12.0. The van der Waals surface area contributed by atoms with Crippen molar-refractivity contribution in [3.05, 3.63) is 17.5 Å². The zero-order valence-electron chi connectivity index (χ0n) is 10.2. The van der Waals surface area contributed by atoms with Crippen molar-refractivity contribution < 1.29 is 9.32 Å². The Kier molecular flexibility index (Phi) is 5.02. The molecule has 0 aromatic carbocycles. The molecule has 0 aliphatic heterocycles. The molecule has 0 saturated heterocycles. The van der Waals surface area contributed by atoms with Crippen LogP contribution in [0.25, 0.3) is 0 Å². The number of amides is 1. The fourth-order valence-corrected chi connectivity index (χ4v) is 1.54. The largest absolute Gasteiger partial charge is 0.351 e. The number of rotatable bonds is 6. The van der Waals surface area contributed by atoms with Crippen LogP contribution in [0.5, 0.6) is 0 Å². The van der Waals surface area contributed by atoms with Crippen LogP contribution in [-0.4, -0.2) is 17.1 Å². The molecule has 16 heavy (non-hydrogen) atoms. The normalized spacial score (nSPS) is 12.4. The van der Waals surface area contributed by atoms with Gasteiger partial charge in [-0.2, -0.15) is 0 Å². The van der Waals surface area contributed by atoms with Gasteiger partial charge in [-0.15, -0.1) is 0 Å². The number of hydrogen-bond donors (Lipinski definition) is 1. The standard InChI is InChI=1S/C12H20N2O2/c1-4-5-6-7-9(2)13-12(15)11-8-10(3)14-16-11/h8-9H,4-7H2,1-3H3,(H,13,15). The Morgan fingerprint density at radius 1 is 1.56 bits per heavy atom. The molecule has 0 radical (unpaired) electrons. The third kappa shape index (κ3) is 4.04. The molecule has 1 atom stereocenters. The Labute approximate surface area is 96.4 Å². The van der Waals surface area contributed by atoms with E-state index in [-0.39, 0.29) is 11.9 Å². The fourth-order valence-electron chi connectivity index (χ4n) is 1.54. The van der Waals surface area contributed by atoms with E-state index in [1.165, 1.54) is 12.8 Å². The second-order valence-electron chi connectivity index (χ2n) is 4.20. The second kappa shape index (κ2) is 6.30. The predicted octanol–water partition coefficient (Wildman–Crippen LogP) is 2.68. The van der Waals surface area contributed by atoms with Gasteiger partial charge in [-0.05, 0) is 20.3 Å². The van der Waals surface area contributed by atoms with Gasteiger partial charge in [0.05, 0.1) is 5.69 Å². The molecule has 0 aliphatic rings. The summed E-state index contributed by atoms with van der Waals surface area (Å²) in [5, 5.41) is 6.58. The summed E-state index contributed by atoms with van der Waals surface area (Å²) in [6.45, 7) is 5.97. The Bertz CT molecular complexity index is 334. The van der Waals surface area contributed by atoms with E-state index in [1.807, 2.05) is 6.92 Å². The molecule has 4 heteroatoms. The van der Waals surface area contributed by atoms with Crippen molar-refractivity contribution in [1.29, 1.82) is 0 Å². The van der Waals surface area contributed by atoms with Crippen LogP contribution in [0.2, 0.25) is 0 Å². The highest BCUT2D eigenvalue weighted by molar-refractivity contribution is 5.91. The number of aromatic nitrogens is 1. The predicted molar refractivity (Wildman–Crippen MR) is 62.3 cm³/mol. The number of carbonyl (C=O) groups excluding carboxylic acids is 1. The van der Waals surface area contributed by atoms with Crippen molar-refractivity contribution >= 4 is 5.91 Å². The van der Waals surface area contributed by atoms with Gasteiger partial charge in [0.15, 0.2) is 0 Å². The minimum atomic E-state index is -0.176. The number of hydrogen-bond acceptors (Lipinski definition) is 3. The van der Waals surface area contributed by atoms with Crippen LogP contribution in [0.3, 0.4) is 0 Å². The molecule has 0 saturated carbocycles. The number of nitrogens with one attached hydrogen (secondary N) is 1. The van der Waals surface area contributed by atoms with Crippen molar-refractivity contribution in [2.24, 2.45) is 0 Å². The number of nitrogens with zero attached hydrogens (tertiary/aromatic N) is 1. The van der Waals surface area contributed by atoms with E-state index in [9.17, 15) is 4.79 Å². The lowest BCUT2D eigenvalue weighted by atomic mass is 10.1. The van der Waals surface area contributed by atoms with E-state index in [1.54, 1.807) is 13.0 Å². The van der Waals surface area contributed by atoms with Gasteiger partial charge in [-0.3, -0.25) is 4.79 Å². The first kappa shape index (κ1) is 12.7. The van der Waals surface area contributed by atoms with Crippen LogP contribution < -0.4 is 5.32 Å². The molecule has 0 fully saturated rings. The molecule has 1 aromatic rings. The molecule has 1 aromatic heterocycles. The van der Waals surface area contributed by atoms with Crippen LogP contribution in [0.15, 0.2) is 10.6 Å². The molecule has 4 nitrogen and oxygen atoms in total. The van der Waals surface area contributed by atoms with E-state index in [4.69, 9.17) is 4.52 Å². The minimum Gasteiger partial charge on any atom is -0.351 e. The first-order chi connectivity index (χ1) is 7.63. The highest BCUT2D eigenvalue weighted by atomic mass is 16.5. The smallest absolute Gasteiger partial charge is 0.290 e. The lowest BCUT2D eigenvalue weighted by Crippen LogP contribution is -2.32. The van der Waals surface area contributed by atoms with Gasteiger partial charge < -0.3 is 9.84 Å². The summed E-state index contributed by atoms with van der Waals surface area (Å²) in [5.74, 6) is 0.115. The Morgan fingerprint density at radius 2 is 2.31 bits per heavy atom. The molecule has 0 spiro atoms. The van der Waals surface area contributed by atoms with Crippen molar-refractivity contribution in [3.63, 3.8) is 0 Å². The van der Waals surface area contributed by atoms with Crippen molar-refractivity contribution in [2.75, 3.05) is 0 Å². The Balaban J connectivity index is 2.33. The van der Waals surface area contributed by atoms with Crippen molar-refractivity contribution in [1.82, 2.24) is 10.5 Å². The quantitative estimate of drug-likeness (QED) is 0.756. The maximum Gasteiger partial charge on any atom is 0.290 e. The summed E-state index contributed by atoms with van der Waals surface area (Å²) in [4.78, 5) is 11.7.